The number of rotatable bonds is 3. The Labute approximate surface area is 138 Å². The number of nitrogens with one attached hydrogen (secondary N) is 2. The number of carbonyl (C=O) groups excluding carboxylic acids is 2. The molecule has 0 bridgehead atoms. The number of amides is 3. The van der Waals surface area contributed by atoms with E-state index < -0.39 is 6.04 Å². The Morgan fingerprint density at radius 1 is 1.25 bits per heavy atom. The van der Waals surface area contributed by atoms with Gasteiger partial charge in [-0.05, 0) is 30.5 Å². The van der Waals surface area contributed by atoms with Crippen LogP contribution in [0.15, 0.2) is 35.5 Å². The van der Waals surface area contributed by atoms with Crippen LogP contribution in [0.3, 0.4) is 0 Å². The summed E-state index contributed by atoms with van der Waals surface area (Å²) in [5, 5.41) is 5.49. The van der Waals surface area contributed by atoms with Gasteiger partial charge in [-0.1, -0.05) is 12.1 Å². The molecule has 24 heavy (non-hydrogen) atoms. The minimum atomic E-state index is -0.559. The lowest BCUT2D eigenvalue weighted by atomic mass is 9.96. The molecule has 0 aliphatic carbocycles. The van der Waals surface area contributed by atoms with Gasteiger partial charge in [-0.3, -0.25) is 4.79 Å². The first-order valence-electron chi connectivity index (χ1n) is 8.09. The van der Waals surface area contributed by atoms with Gasteiger partial charge in [0.25, 0.3) is 5.91 Å². The average Bonchev–Trinajstić information content (AvgIpc) is 3.17. The Morgan fingerprint density at radius 3 is 2.75 bits per heavy atom. The minimum absolute atomic E-state index is 0.0586. The van der Waals surface area contributed by atoms with Crippen molar-refractivity contribution in [2.24, 2.45) is 0 Å². The molecule has 4 rings (SSSR count). The number of hydrogen-bond acceptors (Lipinski definition) is 3. The Hall–Kier alpha value is -2.41. The topological polar surface area (TPSA) is 70.7 Å². The van der Waals surface area contributed by atoms with Gasteiger partial charge in [0.1, 0.15) is 5.82 Å². The lowest BCUT2D eigenvalue weighted by molar-refractivity contribution is -0.127. The first-order valence-corrected chi connectivity index (χ1v) is 8.09. The maximum absolute atomic E-state index is 13.2. The van der Waals surface area contributed by atoms with E-state index in [0.29, 0.717) is 29.9 Å². The Balaban J connectivity index is 1.60. The molecule has 0 saturated carbocycles. The summed E-state index contributed by atoms with van der Waals surface area (Å²) < 4.78 is 18.8. The number of halogens is 1. The quantitative estimate of drug-likeness (QED) is 0.881. The zero-order chi connectivity index (χ0) is 16.7. The van der Waals surface area contributed by atoms with Crippen LogP contribution in [0.2, 0.25) is 0 Å². The maximum atomic E-state index is 13.2. The summed E-state index contributed by atoms with van der Waals surface area (Å²) in [5.74, 6) is -0.465. The predicted octanol–water partition coefficient (Wildman–Crippen LogP) is 1.45. The van der Waals surface area contributed by atoms with Crippen LogP contribution in [0, 0.1) is 5.82 Å². The molecule has 1 aromatic carbocycles. The van der Waals surface area contributed by atoms with Crippen LogP contribution in [0.25, 0.3) is 0 Å². The van der Waals surface area contributed by atoms with E-state index in [0.717, 1.165) is 19.4 Å². The molecule has 3 heterocycles. The van der Waals surface area contributed by atoms with Crippen molar-refractivity contribution in [1.29, 1.82) is 0 Å². The number of benzene rings is 1. The van der Waals surface area contributed by atoms with Gasteiger partial charge in [0.05, 0.1) is 30.0 Å². The second-order valence-electron chi connectivity index (χ2n) is 6.30. The standard InChI is InChI=1S/C17H18FN3O3/c18-11-5-3-10(4-6-11)15-14-13(19-17(23)20-15)9-21(16(14)22)8-12-2-1-7-24-12/h3-6,12,15H,1-2,7-9H2,(H2,19,20,23)/t12-,15-/m1/s1. The molecule has 1 fully saturated rings. The second kappa shape index (κ2) is 5.90. The zero-order valence-corrected chi connectivity index (χ0v) is 13.0. The third-order valence-electron chi connectivity index (χ3n) is 4.67. The molecular weight excluding hydrogens is 313 g/mol. The molecule has 0 spiro atoms. The van der Waals surface area contributed by atoms with Gasteiger partial charge in [0, 0.05) is 13.2 Å². The van der Waals surface area contributed by atoms with Crippen LogP contribution < -0.4 is 10.6 Å². The highest BCUT2D eigenvalue weighted by atomic mass is 19.1. The fourth-order valence-corrected chi connectivity index (χ4v) is 3.52. The molecule has 0 aromatic heterocycles. The molecule has 126 valence electrons. The van der Waals surface area contributed by atoms with Gasteiger partial charge in [0.2, 0.25) is 0 Å². The molecule has 1 aromatic rings. The Morgan fingerprint density at radius 2 is 2.04 bits per heavy atom. The van der Waals surface area contributed by atoms with Crippen LogP contribution in [-0.2, 0) is 9.53 Å². The number of nitrogens with zero attached hydrogens (tertiary/aromatic N) is 1. The summed E-state index contributed by atoms with van der Waals surface area (Å²) in [6.07, 6.45) is 2.01. The second-order valence-corrected chi connectivity index (χ2v) is 6.30. The van der Waals surface area contributed by atoms with E-state index in [9.17, 15) is 14.0 Å². The van der Waals surface area contributed by atoms with Crippen LogP contribution in [-0.4, -0.2) is 42.6 Å². The van der Waals surface area contributed by atoms with Gasteiger partial charge in [-0.25, -0.2) is 9.18 Å². The van der Waals surface area contributed by atoms with Gasteiger partial charge < -0.3 is 20.3 Å². The number of carbonyl (C=O) groups is 2. The molecular formula is C17H18FN3O3. The largest absolute Gasteiger partial charge is 0.376 e. The number of urea groups is 1. The molecule has 1 saturated heterocycles. The van der Waals surface area contributed by atoms with E-state index >= 15 is 0 Å². The summed E-state index contributed by atoms with van der Waals surface area (Å²) in [7, 11) is 0. The smallest absolute Gasteiger partial charge is 0.319 e. The number of hydrogen-bond donors (Lipinski definition) is 2. The van der Waals surface area contributed by atoms with Crippen molar-refractivity contribution in [3.05, 3.63) is 46.9 Å². The van der Waals surface area contributed by atoms with Crippen LogP contribution in [0.4, 0.5) is 9.18 Å². The van der Waals surface area contributed by atoms with E-state index in [2.05, 4.69) is 10.6 Å². The molecule has 0 unspecified atom stereocenters. The van der Waals surface area contributed by atoms with Crippen LogP contribution in [0.5, 0.6) is 0 Å². The Kier molecular flexibility index (Phi) is 3.72. The van der Waals surface area contributed by atoms with E-state index in [1.807, 2.05) is 0 Å². The van der Waals surface area contributed by atoms with Crippen molar-refractivity contribution in [3.63, 3.8) is 0 Å². The Bertz CT molecular complexity index is 710. The predicted molar refractivity (Wildman–Crippen MR) is 83.4 cm³/mol. The summed E-state index contributed by atoms with van der Waals surface area (Å²) in [6, 6.07) is 4.92. The molecule has 3 aliphatic heterocycles. The van der Waals surface area contributed by atoms with Crippen molar-refractivity contribution in [3.8, 4) is 0 Å². The summed E-state index contributed by atoms with van der Waals surface area (Å²) in [6.45, 7) is 1.63. The fourth-order valence-electron chi connectivity index (χ4n) is 3.52. The molecule has 2 atom stereocenters. The normalized spacial score (nSPS) is 26.5. The summed E-state index contributed by atoms with van der Waals surface area (Å²) in [4.78, 5) is 26.5. The third kappa shape index (κ3) is 2.65. The highest BCUT2D eigenvalue weighted by Crippen LogP contribution is 2.33. The molecule has 6 nitrogen and oxygen atoms in total. The van der Waals surface area contributed by atoms with E-state index in [1.165, 1.54) is 12.1 Å². The van der Waals surface area contributed by atoms with E-state index in [1.54, 1.807) is 17.0 Å². The van der Waals surface area contributed by atoms with Crippen LogP contribution in [0.1, 0.15) is 24.4 Å². The van der Waals surface area contributed by atoms with Gasteiger partial charge in [-0.2, -0.15) is 0 Å². The lowest BCUT2D eigenvalue weighted by Crippen LogP contribution is -2.44. The summed E-state index contributed by atoms with van der Waals surface area (Å²) >= 11 is 0. The highest BCUT2D eigenvalue weighted by molar-refractivity contribution is 6.01. The maximum Gasteiger partial charge on any atom is 0.319 e. The van der Waals surface area contributed by atoms with E-state index in [-0.39, 0.29) is 23.9 Å². The fraction of sp³-hybridized carbons (Fsp3) is 0.412. The van der Waals surface area contributed by atoms with Gasteiger partial charge in [-0.15, -0.1) is 0 Å². The van der Waals surface area contributed by atoms with Crippen molar-refractivity contribution < 1.29 is 18.7 Å². The third-order valence-corrected chi connectivity index (χ3v) is 4.67. The number of ether oxygens (including phenoxy) is 1. The minimum Gasteiger partial charge on any atom is -0.376 e. The molecule has 7 heteroatoms. The monoisotopic (exact) mass is 331 g/mol. The zero-order valence-electron chi connectivity index (χ0n) is 13.0. The van der Waals surface area contributed by atoms with Crippen molar-refractivity contribution in [1.82, 2.24) is 15.5 Å². The van der Waals surface area contributed by atoms with E-state index in [4.69, 9.17) is 4.74 Å². The van der Waals surface area contributed by atoms with Crippen LogP contribution >= 0.6 is 0 Å². The first kappa shape index (κ1) is 15.1. The van der Waals surface area contributed by atoms with Crippen molar-refractivity contribution >= 4 is 11.9 Å². The van der Waals surface area contributed by atoms with Gasteiger partial charge >= 0.3 is 6.03 Å². The van der Waals surface area contributed by atoms with Crippen molar-refractivity contribution in [2.45, 2.75) is 25.0 Å². The molecule has 3 aliphatic rings. The lowest BCUT2D eigenvalue weighted by Gasteiger charge is -2.25. The van der Waals surface area contributed by atoms with Crippen molar-refractivity contribution in [2.75, 3.05) is 19.7 Å². The molecule has 3 amide bonds. The highest BCUT2D eigenvalue weighted by Gasteiger charge is 2.41. The first-order chi connectivity index (χ1) is 11.6. The molecule has 0 radical (unpaired) electrons. The summed E-state index contributed by atoms with van der Waals surface area (Å²) in [5.41, 5.74) is 1.83. The SMILES string of the molecule is O=C1NC2=C(C(=O)N(C[C@H]3CCCO3)C2)[C@@H](c2ccc(F)cc2)N1. The molecule has 2 N–H and O–H groups in total. The van der Waals surface area contributed by atoms with Gasteiger partial charge in [0.15, 0.2) is 0 Å². The average molecular weight is 331 g/mol.